The van der Waals surface area contributed by atoms with Crippen LogP contribution in [0.1, 0.15) is 5.56 Å². The Kier molecular flexibility index (Phi) is 2.74. The van der Waals surface area contributed by atoms with Crippen molar-refractivity contribution in [3.8, 4) is 0 Å². The van der Waals surface area contributed by atoms with E-state index in [9.17, 15) is 8.42 Å². The third-order valence-corrected chi connectivity index (χ3v) is 2.34. The molecule has 0 aliphatic rings. The predicted octanol–water partition coefficient (Wildman–Crippen LogP) is 0.915. The van der Waals surface area contributed by atoms with Gasteiger partial charge in [-0.25, -0.2) is 8.42 Å². The zero-order valence-electron chi connectivity index (χ0n) is 6.56. The van der Waals surface area contributed by atoms with Crippen LogP contribution >= 0.6 is 12.6 Å². The highest BCUT2D eigenvalue weighted by Gasteiger charge is 2.03. The molecule has 0 aliphatic carbocycles. The molecule has 1 rings (SSSR count). The fraction of sp³-hybridized carbons (Fsp3) is 0.286. The first-order valence-corrected chi connectivity index (χ1v) is 5.80. The van der Waals surface area contributed by atoms with Gasteiger partial charge in [-0.15, -0.1) is 12.6 Å². The molecule has 5 heteroatoms. The Balaban J connectivity index is 2.91. The van der Waals surface area contributed by atoms with Crippen LogP contribution in [0, 0.1) is 0 Å². The standard InChI is InChI=1S/C7H9NO2S2/c1-12(9,10)5-6-2-3-8-7(11)4-6/h2-4H,5H2,1H3,(H,8,11). The normalized spacial score (nSPS) is 11.5. The maximum absolute atomic E-state index is 10.9. The molecule has 3 nitrogen and oxygen atoms in total. The van der Waals surface area contributed by atoms with Crippen molar-refractivity contribution in [1.29, 1.82) is 0 Å². The number of hydrogen-bond donors (Lipinski definition) is 1. The number of sulfone groups is 1. The Bertz CT molecular complexity index is 373. The average Bonchev–Trinajstić information content (AvgIpc) is 1.82. The Morgan fingerprint density at radius 2 is 2.25 bits per heavy atom. The van der Waals surface area contributed by atoms with Crippen LogP contribution in [-0.2, 0) is 15.6 Å². The summed E-state index contributed by atoms with van der Waals surface area (Å²) in [6.07, 6.45) is 2.74. The average molecular weight is 203 g/mol. The van der Waals surface area contributed by atoms with E-state index in [1.807, 2.05) is 0 Å². The highest BCUT2D eigenvalue weighted by atomic mass is 32.2. The van der Waals surface area contributed by atoms with Crippen molar-refractivity contribution in [2.45, 2.75) is 10.8 Å². The van der Waals surface area contributed by atoms with E-state index in [0.717, 1.165) is 5.56 Å². The summed E-state index contributed by atoms with van der Waals surface area (Å²) in [5, 5.41) is 0.538. The quantitative estimate of drug-likeness (QED) is 0.727. The van der Waals surface area contributed by atoms with E-state index < -0.39 is 9.84 Å². The molecule has 0 aliphatic heterocycles. The monoisotopic (exact) mass is 203 g/mol. The zero-order valence-corrected chi connectivity index (χ0v) is 8.27. The van der Waals surface area contributed by atoms with E-state index in [2.05, 4.69) is 17.6 Å². The van der Waals surface area contributed by atoms with Crippen LogP contribution in [0.15, 0.2) is 23.4 Å². The lowest BCUT2D eigenvalue weighted by molar-refractivity contribution is 0.601. The van der Waals surface area contributed by atoms with Gasteiger partial charge in [-0.2, -0.15) is 0 Å². The van der Waals surface area contributed by atoms with Crippen molar-refractivity contribution in [3.05, 3.63) is 23.9 Å². The molecule has 0 unspecified atom stereocenters. The van der Waals surface area contributed by atoms with Gasteiger partial charge in [0.2, 0.25) is 0 Å². The predicted molar refractivity (Wildman–Crippen MR) is 50.0 cm³/mol. The highest BCUT2D eigenvalue weighted by molar-refractivity contribution is 7.89. The van der Waals surface area contributed by atoms with E-state index in [0.29, 0.717) is 5.03 Å². The molecule has 1 heterocycles. The van der Waals surface area contributed by atoms with Crippen LogP contribution in [0.4, 0.5) is 0 Å². The summed E-state index contributed by atoms with van der Waals surface area (Å²) in [7, 11) is -2.96. The highest BCUT2D eigenvalue weighted by Crippen LogP contribution is 2.08. The van der Waals surface area contributed by atoms with Gasteiger partial charge >= 0.3 is 0 Å². The Morgan fingerprint density at radius 3 is 2.75 bits per heavy atom. The number of hydrogen-bond acceptors (Lipinski definition) is 4. The molecule has 0 atom stereocenters. The van der Waals surface area contributed by atoms with Gasteiger partial charge in [0.15, 0.2) is 9.84 Å². The van der Waals surface area contributed by atoms with Crippen LogP contribution in [0.2, 0.25) is 0 Å². The molecule has 1 aromatic heterocycles. The zero-order chi connectivity index (χ0) is 9.19. The molecule has 0 N–H and O–H groups in total. The fourth-order valence-corrected chi connectivity index (χ4v) is 1.87. The third-order valence-electron chi connectivity index (χ3n) is 1.24. The molecular formula is C7H9NO2S2. The van der Waals surface area contributed by atoms with Gasteiger partial charge in [0.25, 0.3) is 0 Å². The van der Waals surface area contributed by atoms with Crippen molar-refractivity contribution < 1.29 is 8.42 Å². The first-order chi connectivity index (χ1) is 5.47. The SMILES string of the molecule is CS(=O)(=O)Cc1ccnc(S)c1. The number of rotatable bonds is 2. The van der Waals surface area contributed by atoms with Crippen LogP contribution in [-0.4, -0.2) is 19.7 Å². The molecule has 0 radical (unpaired) electrons. The molecule has 12 heavy (non-hydrogen) atoms. The number of pyridine rings is 1. The van der Waals surface area contributed by atoms with Crippen LogP contribution < -0.4 is 0 Å². The minimum Gasteiger partial charge on any atom is -0.250 e. The second-order valence-electron chi connectivity index (χ2n) is 2.59. The summed E-state index contributed by atoms with van der Waals surface area (Å²) in [6.45, 7) is 0. The van der Waals surface area contributed by atoms with Gasteiger partial charge in [-0.1, -0.05) is 0 Å². The molecule has 0 spiro atoms. The van der Waals surface area contributed by atoms with E-state index in [4.69, 9.17) is 0 Å². The summed E-state index contributed by atoms with van der Waals surface area (Å²) >= 11 is 4.00. The van der Waals surface area contributed by atoms with Gasteiger partial charge < -0.3 is 0 Å². The summed E-state index contributed by atoms with van der Waals surface area (Å²) in [5.41, 5.74) is 0.720. The van der Waals surface area contributed by atoms with Crippen LogP contribution in [0.25, 0.3) is 0 Å². The second-order valence-corrected chi connectivity index (χ2v) is 5.19. The van der Waals surface area contributed by atoms with E-state index >= 15 is 0 Å². The minimum absolute atomic E-state index is 0.0447. The second kappa shape index (κ2) is 3.45. The third kappa shape index (κ3) is 3.23. The van der Waals surface area contributed by atoms with Crippen molar-refractivity contribution in [2.24, 2.45) is 0 Å². The van der Waals surface area contributed by atoms with Crippen molar-refractivity contribution in [3.63, 3.8) is 0 Å². The maximum Gasteiger partial charge on any atom is 0.151 e. The molecule has 66 valence electrons. The number of nitrogens with zero attached hydrogens (tertiary/aromatic N) is 1. The van der Waals surface area contributed by atoms with Crippen molar-refractivity contribution in [2.75, 3.05) is 6.26 Å². The van der Waals surface area contributed by atoms with Crippen molar-refractivity contribution in [1.82, 2.24) is 4.98 Å². The van der Waals surface area contributed by atoms with Crippen LogP contribution in [0.5, 0.6) is 0 Å². The maximum atomic E-state index is 10.9. The minimum atomic E-state index is -2.96. The van der Waals surface area contributed by atoms with Gasteiger partial charge in [0.1, 0.15) is 0 Å². The van der Waals surface area contributed by atoms with Gasteiger partial charge in [-0.3, -0.25) is 4.98 Å². The smallest absolute Gasteiger partial charge is 0.151 e. The van der Waals surface area contributed by atoms with Crippen LogP contribution in [0.3, 0.4) is 0 Å². The lowest BCUT2D eigenvalue weighted by atomic mass is 10.3. The molecule has 1 aromatic rings. The Morgan fingerprint density at radius 1 is 1.58 bits per heavy atom. The first kappa shape index (κ1) is 9.54. The Hall–Kier alpha value is -0.550. The molecule has 0 saturated carbocycles. The molecule has 0 amide bonds. The van der Waals surface area contributed by atoms with Gasteiger partial charge in [-0.05, 0) is 17.7 Å². The van der Waals surface area contributed by atoms with Gasteiger partial charge in [0.05, 0.1) is 10.8 Å². The Labute approximate surface area is 77.2 Å². The number of aromatic nitrogens is 1. The molecular weight excluding hydrogens is 194 g/mol. The van der Waals surface area contributed by atoms with E-state index in [-0.39, 0.29) is 5.75 Å². The summed E-state index contributed by atoms with van der Waals surface area (Å²) in [5.74, 6) is 0.0447. The topological polar surface area (TPSA) is 47.0 Å². The largest absolute Gasteiger partial charge is 0.250 e. The first-order valence-electron chi connectivity index (χ1n) is 3.29. The lowest BCUT2D eigenvalue weighted by Gasteiger charge is -1.98. The fourth-order valence-electron chi connectivity index (χ4n) is 0.853. The number of thiol groups is 1. The molecule has 0 saturated heterocycles. The van der Waals surface area contributed by atoms with E-state index in [1.54, 1.807) is 18.3 Å². The molecule has 0 bridgehead atoms. The van der Waals surface area contributed by atoms with E-state index in [1.165, 1.54) is 6.26 Å². The lowest BCUT2D eigenvalue weighted by Crippen LogP contribution is -2.00. The summed E-state index contributed by atoms with van der Waals surface area (Å²) in [4.78, 5) is 3.84. The van der Waals surface area contributed by atoms with Crippen molar-refractivity contribution >= 4 is 22.5 Å². The summed E-state index contributed by atoms with van der Waals surface area (Å²) in [6, 6.07) is 3.31. The molecule has 0 fully saturated rings. The summed E-state index contributed by atoms with van der Waals surface area (Å²) < 4.78 is 21.7. The van der Waals surface area contributed by atoms with Gasteiger partial charge in [0, 0.05) is 12.5 Å². The molecule has 0 aromatic carbocycles.